The Kier molecular flexibility index (Phi) is 3.05. The first-order valence-corrected chi connectivity index (χ1v) is 6.66. The molecule has 3 rings (SSSR count). The summed E-state index contributed by atoms with van der Waals surface area (Å²) in [5, 5.41) is 10.7. The first-order valence-electron chi connectivity index (χ1n) is 6.66. The zero-order valence-corrected chi connectivity index (χ0v) is 11.8. The molecule has 0 amide bonds. The van der Waals surface area contributed by atoms with Crippen molar-refractivity contribution in [3.63, 3.8) is 0 Å². The minimum absolute atomic E-state index is 0.0457. The molecule has 5 heteroatoms. The Balaban J connectivity index is 1.93. The van der Waals surface area contributed by atoms with Gasteiger partial charge in [-0.25, -0.2) is 0 Å². The average Bonchev–Trinajstić information content (AvgIpc) is 2.76. The molecule has 1 heterocycles. The van der Waals surface area contributed by atoms with Crippen LogP contribution in [0.25, 0.3) is 0 Å². The summed E-state index contributed by atoms with van der Waals surface area (Å²) in [7, 11) is 0. The number of hydrogen-bond donors (Lipinski definition) is 0. The summed E-state index contributed by atoms with van der Waals surface area (Å²) < 4.78 is 11.6. The molecule has 0 aliphatic carbocycles. The van der Waals surface area contributed by atoms with Gasteiger partial charge in [0.25, 0.3) is 5.69 Å². The Morgan fingerprint density at radius 3 is 2.57 bits per heavy atom. The monoisotopic (exact) mass is 285 g/mol. The first-order chi connectivity index (χ1) is 9.97. The van der Waals surface area contributed by atoms with Crippen LogP contribution in [0.5, 0.6) is 17.2 Å². The molecule has 0 radical (unpaired) electrons. The topological polar surface area (TPSA) is 61.6 Å². The van der Waals surface area contributed by atoms with E-state index in [9.17, 15) is 10.1 Å². The van der Waals surface area contributed by atoms with Gasteiger partial charge < -0.3 is 9.47 Å². The zero-order valence-electron chi connectivity index (χ0n) is 11.8. The minimum atomic E-state index is -0.430. The largest absolute Gasteiger partial charge is 0.492 e. The van der Waals surface area contributed by atoms with Gasteiger partial charge in [0.15, 0.2) is 0 Å². The van der Waals surface area contributed by atoms with E-state index in [1.807, 2.05) is 18.2 Å². The fourth-order valence-corrected chi connectivity index (χ4v) is 2.48. The van der Waals surface area contributed by atoms with Gasteiger partial charge in [-0.15, -0.1) is 0 Å². The first kappa shape index (κ1) is 13.4. The van der Waals surface area contributed by atoms with Gasteiger partial charge in [0, 0.05) is 23.1 Å². The maximum atomic E-state index is 10.7. The third-order valence-corrected chi connectivity index (χ3v) is 3.53. The normalized spacial score (nSPS) is 15.1. The van der Waals surface area contributed by atoms with Crippen molar-refractivity contribution in [2.45, 2.75) is 19.3 Å². The van der Waals surface area contributed by atoms with E-state index in [-0.39, 0.29) is 11.1 Å². The van der Waals surface area contributed by atoms with Gasteiger partial charge in [-0.3, -0.25) is 10.1 Å². The molecule has 0 aromatic heterocycles. The van der Waals surface area contributed by atoms with Crippen molar-refractivity contribution in [2.24, 2.45) is 0 Å². The molecule has 0 atom stereocenters. The molecule has 0 fully saturated rings. The molecule has 108 valence electrons. The van der Waals surface area contributed by atoms with Gasteiger partial charge in [-0.1, -0.05) is 19.9 Å². The lowest BCUT2D eigenvalue weighted by Crippen LogP contribution is -2.18. The number of ether oxygens (including phenoxy) is 2. The van der Waals surface area contributed by atoms with Crippen molar-refractivity contribution in [3.05, 3.63) is 58.1 Å². The second-order valence-corrected chi connectivity index (χ2v) is 5.65. The van der Waals surface area contributed by atoms with Crippen molar-refractivity contribution in [2.75, 3.05) is 6.61 Å². The lowest BCUT2D eigenvalue weighted by Gasteiger charge is -2.19. The second-order valence-electron chi connectivity index (χ2n) is 5.65. The Morgan fingerprint density at radius 1 is 1.19 bits per heavy atom. The smallest absolute Gasteiger partial charge is 0.269 e. The van der Waals surface area contributed by atoms with Crippen molar-refractivity contribution in [3.8, 4) is 17.2 Å². The minimum Gasteiger partial charge on any atom is -0.492 e. The van der Waals surface area contributed by atoms with Crippen LogP contribution in [0.3, 0.4) is 0 Å². The molecule has 21 heavy (non-hydrogen) atoms. The molecular weight excluding hydrogens is 270 g/mol. The van der Waals surface area contributed by atoms with Crippen LogP contribution < -0.4 is 9.47 Å². The highest BCUT2D eigenvalue weighted by Crippen LogP contribution is 2.45. The molecule has 0 N–H and O–H groups in total. The molecule has 0 saturated carbocycles. The van der Waals surface area contributed by atoms with Crippen LogP contribution in [0.2, 0.25) is 0 Å². The molecule has 0 spiro atoms. The molecular formula is C16H15NO4. The van der Waals surface area contributed by atoms with Gasteiger partial charge in [0.1, 0.15) is 17.2 Å². The number of non-ortho nitro benzene ring substituents is 1. The molecule has 2 aromatic rings. The van der Waals surface area contributed by atoms with Crippen LogP contribution in [-0.2, 0) is 5.41 Å². The molecule has 0 unspecified atom stereocenters. The van der Waals surface area contributed by atoms with Crippen LogP contribution in [0.15, 0.2) is 42.5 Å². The van der Waals surface area contributed by atoms with Crippen molar-refractivity contribution >= 4 is 5.69 Å². The lowest BCUT2D eigenvalue weighted by atomic mass is 9.86. The Bertz CT molecular complexity index is 692. The van der Waals surface area contributed by atoms with Gasteiger partial charge in [0.2, 0.25) is 0 Å². The second kappa shape index (κ2) is 4.77. The molecule has 5 nitrogen and oxygen atoms in total. The number of rotatable bonds is 3. The van der Waals surface area contributed by atoms with Crippen LogP contribution in [-0.4, -0.2) is 11.5 Å². The SMILES string of the molecule is CC1(C)COc2cccc(Oc3ccc([N+](=O)[O-])cc3)c21. The summed E-state index contributed by atoms with van der Waals surface area (Å²) in [6, 6.07) is 11.7. The summed E-state index contributed by atoms with van der Waals surface area (Å²) in [5.74, 6) is 2.12. The number of hydrogen-bond acceptors (Lipinski definition) is 4. The van der Waals surface area contributed by atoms with E-state index >= 15 is 0 Å². The summed E-state index contributed by atoms with van der Waals surface area (Å²) in [6.45, 7) is 4.81. The van der Waals surface area contributed by atoms with Crippen LogP contribution in [0.1, 0.15) is 19.4 Å². The van der Waals surface area contributed by atoms with E-state index < -0.39 is 4.92 Å². The Hall–Kier alpha value is -2.56. The standard InChI is InChI=1S/C16H15NO4/c1-16(2)10-20-13-4-3-5-14(15(13)16)21-12-8-6-11(7-9-12)17(18)19/h3-9H,10H2,1-2H3. The highest BCUT2D eigenvalue weighted by Gasteiger charge is 2.35. The van der Waals surface area contributed by atoms with Crippen LogP contribution in [0, 0.1) is 10.1 Å². The molecule has 2 aromatic carbocycles. The van der Waals surface area contributed by atoms with Crippen molar-refractivity contribution < 1.29 is 14.4 Å². The third kappa shape index (κ3) is 2.42. The number of nitro benzene ring substituents is 1. The maximum absolute atomic E-state index is 10.7. The maximum Gasteiger partial charge on any atom is 0.269 e. The van der Waals surface area contributed by atoms with Gasteiger partial charge in [0.05, 0.1) is 11.5 Å². The van der Waals surface area contributed by atoms with Crippen molar-refractivity contribution in [1.82, 2.24) is 0 Å². The summed E-state index contributed by atoms with van der Waals surface area (Å²) in [5.41, 5.74) is 0.958. The summed E-state index contributed by atoms with van der Waals surface area (Å²) in [6.07, 6.45) is 0. The quantitative estimate of drug-likeness (QED) is 0.630. The molecule has 0 saturated heterocycles. The number of benzene rings is 2. The zero-order chi connectivity index (χ0) is 15.0. The fourth-order valence-electron chi connectivity index (χ4n) is 2.48. The highest BCUT2D eigenvalue weighted by atomic mass is 16.6. The van der Waals surface area contributed by atoms with Crippen molar-refractivity contribution in [1.29, 1.82) is 0 Å². The lowest BCUT2D eigenvalue weighted by molar-refractivity contribution is -0.384. The number of nitro groups is 1. The number of nitrogens with zero attached hydrogens (tertiary/aromatic N) is 1. The van der Waals surface area contributed by atoms with E-state index in [2.05, 4.69) is 13.8 Å². The fraction of sp³-hybridized carbons (Fsp3) is 0.250. The van der Waals surface area contributed by atoms with Gasteiger partial charge >= 0.3 is 0 Å². The van der Waals surface area contributed by atoms with Gasteiger partial charge in [-0.2, -0.15) is 0 Å². The van der Waals surface area contributed by atoms with E-state index in [1.165, 1.54) is 12.1 Å². The Morgan fingerprint density at radius 2 is 1.90 bits per heavy atom. The van der Waals surface area contributed by atoms with Crippen LogP contribution in [0.4, 0.5) is 5.69 Å². The number of fused-ring (bicyclic) bond motifs is 1. The average molecular weight is 285 g/mol. The molecule has 0 bridgehead atoms. The van der Waals surface area contributed by atoms with Gasteiger partial charge in [-0.05, 0) is 24.3 Å². The third-order valence-electron chi connectivity index (χ3n) is 3.53. The van der Waals surface area contributed by atoms with E-state index in [1.54, 1.807) is 12.1 Å². The van der Waals surface area contributed by atoms with E-state index in [4.69, 9.17) is 9.47 Å². The predicted octanol–water partition coefficient (Wildman–Crippen LogP) is 4.06. The summed E-state index contributed by atoms with van der Waals surface area (Å²) >= 11 is 0. The predicted molar refractivity (Wildman–Crippen MR) is 78.1 cm³/mol. The highest BCUT2D eigenvalue weighted by molar-refractivity contribution is 5.53. The Labute approximate surface area is 122 Å². The van der Waals surface area contributed by atoms with E-state index in [0.717, 1.165) is 17.1 Å². The van der Waals surface area contributed by atoms with E-state index in [0.29, 0.717) is 12.4 Å². The molecule has 1 aliphatic heterocycles. The molecule has 1 aliphatic rings. The summed E-state index contributed by atoms with van der Waals surface area (Å²) in [4.78, 5) is 10.2. The van der Waals surface area contributed by atoms with Crippen LogP contribution >= 0.6 is 0 Å².